The second kappa shape index (κ2) is 15.5. The number of aromatic nitrogens is 5. The largest absolute Gasteiger partial charge is 0.484 e. The van der Waals surface area contributed by atoms with E-state index < -0.39 is 0 Å². The Bertz CT molecular complexity index is 2070. The number of carbonyl (C=O) groups is 1. The average molecular weight is 730 g/mol. The zero-order valence-electron chi connectivity index (χ0n) is 32.3. The number of likely N-dealkylation sites (tertiary alicyclic amines) is 1. The third-order valence-electron chi connectivity index (χ3n) is 11.5. The van der Waals surface area contributed by atoms with Crippen LogP contribution in [0.1, 0.15) is 114 Å². The van der Waals surface area contributed by atoms with Crippen LogP contribution in [0.3, 0.4) is 0 Å². The van der Waals surface area contributed by atoms with E-state index in [4.69, 9.17) is 9.84 Å². The molecule has 8 rings (SSSR count). The Morgan fingerprint density at radius 2 is 1.69 bits per heavy atom. The van der Waals surface area contributed by atoms with E-state index in [1.54, 1.807) is 0 Å². The summed E-state index contributed by atoms with van der Waals surface area (Å²) in [4.78, 5) is 18.7. The smallest absolute Gasteiger partial charge is 0.320 e. The third kappa shape index (κ3) is 7.83. The van der Waals surface area contributed by atoms with E-state index in [1.165, 1.54) is 44.3 Å². The molecule has 284 valence electrons. The molecule has 11 heteroatoms. The zero-order valence-corrected chi connectivity index (χ0v) is 32.3. The van der Waals surface area contributed by atoms with Crippen LogP contribution in [-0.4, -0.2) is 67.5 Å². The van der Waals surface area contributed by atoms with Crippen molar-refractivity contribution in [3.8, 4) is 11.4 Å². The molecule has 11 nitrogen and oxygen atoms in total. The summed E-state index contributed by atoms with van der Waals surface area (Å²) in [5, 5.41) is 20.5. The van der Waals surface area contributed by atoms with E-state index in [1.807, 2.05) is 41.2 Å². The number of nitrogens with one attached hydrogen (secondary N) is 2. The normalized spacial score (nSPS) is 20.8. The molecule has 2 saturated heterocycles. The summed E-state index contributed by atoms with van der Waals surface area (Å²) in [6.45, 7) is 13.1. The lowest BCUT2D eigenvalue weighted by atomic mass is 9.85. The molecular weight excluding hydrogens is 675 g/mol. The number of ether oxygens (including phenoxy) is 1. The highest BCUT2D eigenvalue weighted by Crippen LogP contribution is 2.39. The number of rotatable bonds is 9. The molecule has 0 saturated carbocycles. The van der Waals surface area contributed by atoms with Gasteiger partial charge in [-0.05, 0) is 112 Å². The molecule has 2 fully saturated rings. The van der Waals surface area contributed by atoms with Crippen molar-refractivity contribution in [2.24, 2.45) is 0 Å². The summed E-state index contributed by atoms with van der Waals surface area (Å²) < 4.78 is 10.6. The molecule has 3 atom stereocenters. The molecule has 2 amide bonds. The van der Waals surface area contributed by atoms with E-state index in [0.717, 1.165) is 85.0 Å². The molecule has 0 bridgehead atoms. The van der Waals surface area contributed by atoms with Gasteiger partial charge in [0, 0.05) is 30.6 Å². The van der Waals surface area contributed by atoms with Gasteiger partial charge in [-0.3, -0.25) is 9.72 Å². The van der Waals surface area contributed by atoms with Crippen molar-refractivity contribution in [1.82, 2.24) is 34.6 Å². The summed E-state index contributed by atoms with van der Waals surface area (Å²) in [6, 6.07) is 22.8. The highest BCUT2D eigenvalue weighted by atomic mass is 16.5. The van der Waals surface area contributed by atoms with Crippen LogP contribution >= 0.6 is 0 Å². The zero-order chi connectivity index (χ0) is 37.2. The van der Waals surface area contributed by atoms with Gasteiger partial charge in [-0.25, -0.2) is 9.48 Å². The predicted octanol–water partition coefficient (Wildman–Crippen LogP) is 8.40. The molecule has 2 aromatic carbocycles. The van der Waals surface area contributed by atoms with Gasteiger partial charge in [0.05, 0.1) is 23.6 Å². The van der Waals surface area contributed by atoms with Crippen LogP contribution in [0, 0.1) is 0 Å². The second-order valence-electron chi connectivity index (χ2n) is 16.5. The summed E-state index contributed by atoms with van der Waals surface area (Å²) in [6.07, 6.45) is 11.9. The van der Waals surface area contributed by atoms with Gasteiger partial charge in [-0.2, -0.15) is 5.10 Å². The lowest BCUT2D eigenvalue weighted by Crippen LogP contribution is -2.38. The Kier molecular flexibility index (Phi) is 10.3. The van der Waals surface area contributed by atoms with Gasteiger partial charge in [0.25, 0.3) is 0 Å². The standard InChI is InChI=1S/C43H55N9O2/c1-30-13-8-11-25-50(30)42-47-46-39-21-18-33(29-51(39)42)54-37-20-19-36(34-16-6-7-17-35(34)37)44-41(53)45-40-28-38(43(2,3)4)48-52(40)32-15-12-14-31(27-32)22-26-49-23-9-5-10-24-49/h6-7,12,14-18,21,27-30,36-37H,5,8-11,13,19-20,22-26H2,1-4H3,(H2,44,45,53)/t30?,36-,37+/m0/s1. The van der Waals surface area contributed by atoms with Crippen LogP contribution in [0.25, 0.3) is 11.3 Å². The highest BCUT2D eigenvalue weighted by molar-refractivity contribution is 5.89. The van der Waals surface area contributed by atoms with Gasteiger partial charge >= 0.3 is 6.03 Å². The monoisotopic (exact) mass is 729 g/mol. The maximum absolute atomic E-state index is 13.8. The van der Waals surface area contributed by atoms with Crippen molar-refractivity contribution in [1.29, 1.82) is 0 Å². The number of amides is 2. The van der Waals surface area contributed by atoms with Gasteiger partial charge in [-0.15, -0.1) is 10.2 Å². The second-order valence-corrected chi connectivity index (χ2v) is 16.5. The minimum atomic E-state index is -0.255. The fourth-order valence-corrected chi connectivity index (χ4v) is 8.37. The number of piperidine rings is 2. The predicted molar refractivity (Wildman–Crippen MR) is 214 cm³/mol. The Balaban J connectivity index is 0.974. The number of pyridine rings is 1. The number of nitrogens with zero attached hydrogens (tertiary/aromatic N) is 7. The molecule has 3 aliphatic rings. The van der Waals surface area contributed by atoms with Crippen LogP contribution in [-0.2, 0) is 11.8 Å². The number of benzene rings is 2. The molecule has 0 radical (unpaired) electrons. The van der Waals surface area contributed by atoms with Gasteiger partial charge in [0.2, 0.25) is 5.95 Å². The Labute approximate surface area is 319 Å². The summed E-state index contributed by atoms with van der Waals surface area (Å²) >= 11 is 0. The van der Waals surface area contributed by atoms with Crippen molar-refractivity contribution in [3.05, 3.63) is 95.3 Å². The van der Waals surface area contributed by atoms with Crippen molar-refractivity contribution in [2.45, 2.75) is 109 Å². The Morgan fingerprint density at radius 1 is 0.870 bits per heavy atom. The Morgan fingerprint density at radius 3 is 2.50 bits per heavy atom. The Hall–Kier alpha value is -4.90. The number of urea groups is 1. The topological polar surface area (TPSA) is 105 Å². The minimum Gasteiger partial charge on any atom is -0.484 e. The van der Waals surface area contributed by atoms with E-state index in [0.29, 0.717) is 11.9 Å². The molecule has 1 aliphatic carbocycles. The third-order valence-corrected chi connectivity index (χ3v) is 11.5. The summed E-state index contributed by atoms with van der Waals surface area (Å²) in [7, 11) is 0. The molecule has 3 aromatic heterocycles. The van der Waals surface area contributed by atoms with Gasteiger partial charge < -0.3 is 19.9 Å². The average Bonchev–Trinajstić information content (AvgIpc) is 3.80. The van der Waals surface area contributed by atoms with Crippen LogP contribution < -0.4 is 20.3 Å². The lowest BCUT2D eigenvalue weighted by Gasteiger charge is -2.33. The van der Waals surface area contributed by atoms with Crippen molar-refractivity contribution in [3.63, 3.8) is 0 Å². The molecular formula is C43H55N9O2. The number of anilines is 2. The number of fused-ring (bicyclic) bond motifs is 2. The van der Waals surface area contributed by atoms with Crippen LogP contribution in [0.2, 0.25) is 0 Å². The van der Waals surface area contributed by atoms with Gasteiger partial charge in [-0.1, -0.05) is 63.6 Å². The maximum Gasteiger partial charge on any atom is 0.320 e. The van der Waals surface area contributed by atoms with Crippen LogP contribution in [0.4, 0.5) is 16.6 Å². The van der Waals surface area contributed by atoms with Crippen molar-refractivity contribution in [2.75, 3.05) is 36.4 Å². The van der Waals surface area contributed by atoms with Gasteiger partial charge in [0.1, 0.15) is 17.7 Å². The van der Waals surface area contributed by atoms with E-state index >= 15 is 0 Å². The van der Waals surface area contributed by atoms with Crippen LogP contribution in [0.5, 0.6) is 5.75 Å². The number of hydrogen-bond donors (Lipinski definition) is 2. The molecule has 54 heavy (non-hydrogen) atoms. The number of hydrogen-bond acceptors (Lipinski definition) is 7. The summed E-state index contributed by atoms with van der Waals surface area (Å²) in [5.74, 6) is 2.30. The molecule has 1 unspecified atom stereocenters. The van der Waals surface area contributed by atoms with E-state index in [-0.39, 0.29) is 23.6 Å². The fourth-order valence-electron chi connectivity index (χ4n) is 8.37. The maximum atomic E-state index is 13.8. The first-order valence-corrected chi connectivity index (χ1v) is 20.1. The first-order chi connectivity index (χ1) is 26.2. The minimum absolute atomic E-state index is 0.147. The SMILES string of the molecule is CC1CCCCN1c1nnc2ccc(O[C@@H]3CC[C@H](NC(=O)Nc4cc(C(C)(C)C)nn4-c4cccc(CCN5CCCCC5)c4)c4ccccc43)cn12. The van der Waals surface area contributed by atoms with Gasteiger partial charge in [0.15, 0.2) is 5.65 Å². The lowest BCUT2D eigenvalue weighted by molar-refractivity contribution is 0.171. The van der Waals surface area contributed by atoms with E-state index in [9.17, 15) is 4.79 Å². The van der Waals surface area contributed by atoms with E-state index in [2.05, 4.69) is 99.1 Å². The van der Waals surface area contributed by atoms with Crippen molar-refractivity contribution < 1.29 is 9.53 Å². The highest BCUT2D eigenvalue weighted by Gasteiger charge is 2.31. The number of carbonyl (C=O) groups excluding carboxylic acids is 1. The first-order valence-electron chi connectivity index (χ1n) is 20.1. The van der Waals surface area contributed by atoms with Crippen molar-refractivity contribution >= 4 is 23.4 Å². The summed E-state index contributed by atoms with van der Waals surface area (Å²) in [5.41, 5.74) is 5.92. The fraction of sp³-hybridized carbons (Fsp3) is 0.488. The molecule has 0 spiro atoms. The quantitative estimate of drug-likeness (QED) is 0.157. The molecule has 2 aliphatic heterocycles. The molecule has 2 N–H and O–H groups in total. The van der Waals surface area contributed by atoms with Crippen LogP contribution in [0.15, 0.2) is 72.9 Å². The first kappa shape index (κ1) is 36.1. The molecule has 5 heterocycles. The molecule has 5 aromatic rings.